The largest absolute Gasteiger partial charge is 0.384 e. The van der Waals surface area contributed by atoms with E-state index < -0.39 is 0 Å². The second-order valence-electron chi connectivity index (χ2n) is 5.24. The van der Waals surface area contributed by atoms with Gasteiger partial charge < -0.3 is 16.0 Å². The third kappa shape index (κ3) is 3.16. The van der Waals surface area contributed by atoms with Crippen LogP contribution >= 0.6 is 0 Å². The number of para-hydroxylation sites is 1. The van der Waals surface area contributed by atoms with Gasteiger partial charge in [0.25, 0.3) is 0 Å². The highest BCUT2D eigenvalue weighted by molar-refractivity contribution is 5.88. The molecule has 108 valence electrons. The Hall–Kier alpha value is -2.49. The van der Waals surface area contributed by atoms with Crippen LogP contribution in [0.3, 0.4) is 0 Å². The summed E-state index contributed by atoms with van der Waals surface area (Å²) in [4.78, 5) is 11.0. The van der Waals surface area contributed by atoms with Gasteiger partial charge in [0.15, 0.2) is 0 Å². The minimum atomic E-state index is -0.0540. The zero-order valence-corrected chi connectivity index (χ0v) is 12.1. The number of fused-ring (bicyclic) bond motifs is 1. The molecule has 4 heteroatoms. The van der Waals surface area contributed by atoms with Gasteiger partial charge in [-0.05, 0) is 41.8 Å². The maximum Gasteiger partial charge on any atom is 0.221 e. The van der Waals surface area contributed by atoms with Crippen molar-refractivity contribution in [3.05, 3.63) is 53.6 Å². The molecule has 1 amide bonds. The summed E-state index contributed by atoms with van der Waals surface area (Å²) in [6, 6.07) is 14.2. The first-order valence-corrected chi connectivity index (χ1v) is 7.18. The van der Waals surface area contributed by atoms with Crippen LogP contribution in [0.25, 0.3) is 0 Å². The van der Waals surface area contributed by atoms with Gasteiger partial charge in [-0.15, -0.1) is 0 Å². The molecule has 0 spiro atoms. The molecule has 0 saturated carbocycles. The van der Waals surface area contributed by atoms with Crippen LogP contribution in [0.2, 0.25) is 0 Å². The van der Waals surface area contributed by atoms with Crippen LogP contribution in [0, 0.1) is 0 Å². The van der Waals surface area contributed by atoms with Crippen LogP contribution in [-0.2, 0) is 17.8 Å². The number of carbonyl (C=O) groups excluding carboxylic acids is 1. The molecule has 0 unspecified atom stereocenters. The van der Waals surface area contributed by atoms with E-state index in [9.17, 15) is 4.79 Å². The lowest BCUT2D eigenvalue weighted by molar-refractivity contribution is -0.114. The first-order chi connectivity index (χ1) is 10.2. The summed E-state index contributed by atoms with van der Waals surface area (Å²) >= 11 is 0. The van der Waals surface area contributed by atoms with Crippen LogP contribution < -0.4 is 16.0 Å². The lowest BCUT2D eigenvalue weighted by atomic mass is 10.1. The lowest BCUT2D eigenvalue weighted by Gasteiger charge is -2.11. The number of carbonyl (C=O) groups is 1. The van der Waals surface area contributed by atoms with Gasteiger partial charge in [-0.2, -0.15) is 0 Å². The van der Waals surface area contributed by atoms with E-state index in [0.717, 1.165) is 30.9 Å². The molecule has 1 heterocycles. The molecule has 0 aliphatic carbocycles. The summed E-state index contributed by atoms with van der Waals surface area (Å²) in [7, 11) is 0. The number of hydrogen-bond acceptors (Lipinski definition) is 3. The van der Waals surface area contributed by atoms with E-state index in [1.807, 2.05) is 24.3 Å². The lowest BCUT2D eigenvalue weighted by Crippen LogP contribution is -2.06. The molecule has 4 nitrogen and oxygen atoms in total. The number of anilines is 3. The van der Waals surface area contributed by atoms with E-state index in [1.165, 1.54) is 23.7 Å². The van der Waals surface area contributed by atoms with Crippen LogP contribution in [-0.4, -0.2) is 12.5 Å². The van der Waals surface area contributed by atoms with Gasteiger partial charge in [-0.25, -0.2) is 0 Å². The molecular weight excluding hydrogens is 262 g/mol. The topological polar surface area (TPSA) is 53.2 Å². The zero-order valence-electron chi connectivity index (χ0n) is 12.1. The van der Waals surface area contributed by atoms with Crippen molar-refractivity contribution in [2.45, 2.75) is 19.9 Å². The summed E-state index contributed by atoms with van der Waals surface area (Å²) in [5, 5.41) is 9.63. The second kappa shape index (κ2) is 5.87. The minimum absolute atomic E-state index is 0.0540. The normalized spacial score (nSPS) is 12.4. The maximum absolute atomic E-state index is 11.0. The first-order valence-electron chi connectivity index (χ1n) is 7.18. The molecule has 0 saturated heterocycles. The van der Waals surface area contributed by atoms with Crippen LogP contribution in [0.5, 0.6) is 0 Å². The minimum Gasteiger partial charge on any atom is -0.384 e. The molecule has 3 rings (SSSR count). The predicted octanol–water partition coefficient (Wildman–Crippen LogP) is 3.23. The van der Waals surface area contributed by atoms with Crippen molar-refractivity contribution in [1.29, 1.82) is 0 Å². The highest BCUT2D eigenvalue weighted by Gasteiger charge is 2.12. The fraction of sp³-hybridized carbons (Fsp3) is 0.235. The van der Waals surface area contributed by atoms with E-state index >= 15 is 0 Å². The third-order valence-electron chi connectivity index (χ3n) is 3.62. The second-order valence-corrected chi connectivity index (χ2v) is 5.24. The molecule has 2 aromatic rings. The van der Waals surface area contributed by atoms with E-state index in [2.05, 4.69) is 34.1 Å². The fourth-order valence-corrected chi connectivity index (χ4v) is 2.63. The molecule has 1 aliphatic heterocycles. The van der Waals surface area contributed by atoms with Crippen LogP contribution in [0.4, 0.5) is 17.1 Å². The van der Waals surface area contributed by atoms with Gasteiger partial charge in [-0.1, -0.05) is 18.2 Å². The van der Waals surface area contributed by atoms with Crippen molar-refractivity contribution in [2.75, 3.05) is 22.5 Å². The molecule has 1 aliphatic rings. The highest BCUT2D eigenvalue weighted by atomic mass is 16.1. The summed E-state index contributed by atoms with van der Waals surface area (Å²) in [5.74, 6) is -0.0540. The number of hydrogen-bond donors (Lipinski definition) is 3. The fourth-order valence-electron chi connectivity index (χ4n) is 2.63. The Kier molecular flexibility index (Phi) is 3.77. The molecule has 0 atom stereocenters. The molecule has 0 bridgehead atoms. The quantitative estimate of drug-likeness (QED) is 0.806. The van der Waals surface area contributed by atoms with Gasteiger partial charge in [0.2, 0.25) is 5.91 Å². The summed E-state index contributed by atoms with van der Waals surface area (Å²) in [5.41, 5.74) is 5.82. The third-order valence-corrected chi connectivity index (χ3v) is 3.62. The van der Waals surface area contributed by atoms with Gasteiger partial charge in [0.05, 0.1) is 0 Å². The molecule has 0 radical (unpaired) electrons. The summed E-state index contributed by atoms with van der Waals surface area (Å²) < 4.78 is 0. The van der Waals surface area contributed by atoms with Crippen molar-refractivity contribution in [3.63, 3.8) is 0 Å². The van der Waals surface area contributed by atoms with E-state index in [1.54, 1.807) is 0 Å². The highest BCUT2D eigenvalue weighted by Crippen LogP contribution is 2.27. The SMILES string of the molecule is CC(=O)Nc1ccc(NCc2cccc3c2NCC3)cc1. The Labute approximate surface area is 124 Å². The van der Waals surface area contributed by atoms with Crippen molar-refractivity contribution in [1.82, 2.24) is 0 Å². The van der Waals surface area contributed by atoms with Crippen molar-refractivity contribution in [2.24, 2.45) is 0 Å². The van der Waals surface area contributed by atoms with E-state index in [4.69, 9.17) is 0 Å². The van der Waals surface area contributed by atoms with Crippen molar-refractivity contribution < 1.29 is 4.79 Å². The average Bonchev–Trinajstić information content (AvgIpc) is 2.95. The van der Waals surface area contributed by atoms with Crippen molar-refractivity contribution in [3.8, 4) is 0 Å². The summed E-state index contributed by atoms with van der Waals surface area (Å²) in [6.07, 6.45) is 1.11. The van der Waals surface area contributed by atoms with Gasteiger partial charge in [0.1, 0.15) is 0 Å². The predicted molar refractivity (Wildman–Crippen MR) is 86.7 cm³/mol. The molecule has 0 aromatic heterocycles. The smallest absolute Gasteiger partial charge is 0.221 e. The monoisotopic (exact) mass is 281 g/mol. The number of rotatable bonds is 4. The Morgan fingerprint density at radius 3 is 2.67 bits per heavy atom. The standard InChI is InChI=1S/C17H19N3O/c1-12(21)20-16-7-5-15(6-8-16)19-11-14-4-2-3-13-9-10-18-17(13)14/h2-8,18-19H,9-11H2,1H3,(H,20,21). The Balaban J connectivity index is 1.65. The Morgan fingerprint density at radius 1 is 1.14 bits per heavy atom. The molecule has 2 aromatic carbocycles. The molecule has 0 fully saturated rings. The molecular formula is C17H19N3O. The van der Waals surface area contributed by atoms with E-state index in [0.29, 0.717) is 0 Å². The number of nitrogens with one attached hydrogen (secondary N) is 3. The van der Waals surface area contributed by atoms with Crippen LogP contribution in [0.1, 0.15) is 18.1 Å². The van der Waals surface area contributed by atoms with Gasteiger partial charge in [-0.3, -0.25) is 4.79 Å². The van der Waals surface area contributed by atoms with Gasteiger partial charge in [0, 0.05) is 37.1 Å². The first kappa shape index (κ1) is 13.5. The Morgan fingerprint density at radius 2 is 1.90 bits per heavy atom. The Bertz CT molecular complexity index is 650. The van der Waals surface area contributed by atoms with Crippen LogP contribution in [0.15, 0.2) is 42.5 Å². The van der Waals surface area contributed by atoms with Crippen molar-refractivity contribution >= 4 is 23.0 Å². The molecule has 3 N–H and O–H groups in total. The average molecular weight is 281 g/mol. The van der Waals surface area contributed by atoms with Gasteiger partial charge >= 0.3 is 0 Å². The number of benzene rings is 2. The molecule has 21 heavy (non-hydrogen) atoms. The maximum atomic E-state index is 11.0. The zero-order chi connectivity index (χ0) is 14.7. The van der Waals surface area contributed by atoms with E-state index in [-0.39, 0.29) is 5.91 Å². The summed E-state index contributed by atoms with van der Waals surface area (Å²) in [6.45, 7) is 3.32. The number of amides is 1.